The Hall–Kier alpha value is -2.05. The number of amides is 1. The summed E-state index contributed by atoms with van der Waals surface area (Å²) in [6.07, 6.45) is 1.88. The van der Waals surface area contributed by atoms with Crippen molar-refractivity contribution in [3.8, 4) is 0 Å². The number of rotatable bonds is 4. The minimum atomic E-state index is -4.46. The Bertz CT molecular complexity index is 873. The summed E-state index contributed by atoms with van der Waals surface area (Å²) in [6, 6.07) is 2.33. The first-order valence-electron chi connectivity index (χ1n) is 9.67. The van der Waals surface area contributed by atoms with E-state index < -0.39 is 11.7 Å². The molecule has 2 saturated carbocycles. The second kappa shape index (κ2) is 6.53. The normalized spacial score (nSPS) is 25.9. The predicted octanol–water partition coefficient (Wildman–Crippen LogP) is 4.47. The molecule has 4 nitrogen and oxygen atoms in total. The van der Waals surface area contributed by atoms with Crippen LogP contribution in [0.3, 0.4) is 0 Å². The monoisotopic (exact) mass is 379 g/mol. The fourth-order valence-corrected chi connectivity index (χ4v) is 5.04. The molecule has 2 aromatic rings. The van der Waals surface area contributed by atoms with Gasteiger partial charge in [0.25, 0.3) is 5.91 Å². The average Bonchev–Trinajstić information content (AvgIpc) is 3.33. The molecule has 0 aromatic carbocycles. The quantitative estimate of drug-likeness (QED) is 0.852. The fourth-order valence-electron chi connectivity index (χ4n) is 5.04. The molecule has 0 aliphatic heterocycles. The number of alkyl halides is 3. The Morgan fingerprint density at radius 1 is 1.33 bits per heavy atom. The highest BCUT2D eigenvalue weighted by Gasteiger charge is 2.42. The molecular formula is C20H24F3N3O. The number of aromatic nitrogens is 2. The lowest BCUT2D eigenvalue weighted by Gasteiger charge is -2.28. The molecule has 2 fully saturated rings. The minimum Gasteiger partial charge on any atom is -0.348 e. The molecule has 0 saturated heterocycles. The number of imidazole rings is 1. The van der Waals surface area contributed by atoms with Gasteiger partial charge in [0.2, 0.25) is 0 Å². The molecule has 7 heteroatoms. The topological polar surface area (TPSA) is 46.4 Å². The van der Waals surface area contributed by atoms with Gasteiger partial charge in [0.05, 0.1) is 11.3 Å². The van der Waals surface area contributed by atoms with Gasteiger partial charge in [-0.05, 0) is 62.5 Å². The molecule has 0 radical (unpaired) electrons. The van der Waals surface area contributed by atoms with Crippen LogP contribution >= 0.6 is 0 Å². The highest BCUT2D eigenvalue weighted by atomic mass is 19.4. The first-order chi connectivity index (χ1) is 12.8. The van der Waals surface area contributed by atoms with E-state index in [-0.39, 0.29) is 17.6 Å². The molecule has 1 amide bonds. The van der Waals surface area contributed by atoms with E-state index in [1.807, 2.05) is 13.8 Å². The van der Waals surface area contributed by atoms with E-state index in [0.717, 1.165) is 24.6 Å². The lowest BCUT2D eigenvalue weighted by molar-refractivity contribution is -0.137. The third kappa shape index (κ3) is 3.21. The molecule has 4 atom stereocenters. The molecule has 2 aromatic heterocycles. The lowest BCUT2D eigenvalue weighted by Crippen LogP contribution is -2.40. The summed E-state index contributed by atoms with van der Waals surface area (Å²) in [6.45, 7) is 3.86. The summed E-state index contributed by atoms with van der Waals surface area (Å²) in [5.74, 6) is 1.56. The van der Waals surface area contributed by atoms with Crippen LogP contribution in [0.1, 0.15) is 61.3 Å². The van der Waals surface area contributed by atoms with E-state index in [2.05, 4.69) is 10.3 Å². The zero-order valence-corrected chi connectivity index (χ0v) is 15.5. The van der Waals surface area contributed by atoms with Crippen LogP contribution < -0.4 is 5.32 Å². The van der Waals surface area contributed by atoms with Gasteiger partial charge in [-0.2, -0.15) is 13.2 Å². The fraction of sp³-hybridized carbons (Fsp3) is 0.600. The van der Waals surface area contributed by atoms with Crippen molar-refractivity contribution in [3.63, 3.8) is 0 Å². The standard InChI is InChI=1S/C20H24F3N3O/c1-3-16-18(26-10-14(20(21,22)23)6-7-17(26)25-16)19(27)24-11(2)15-9-12-4-5-13(15)8-12/h6-7,10-13,15H,3-5,8-9H2,1-2H3,(H,24,27). The molecule has 2 bridgehead atoms. The highest BCUT2D eigenvalue weighted by Crippen LogP contribution is 2.49. The number of nitrogens with zero attached hydrogens (tertiary/aromatic N) is 2. The summed E-state index contributed by atoms with van der Waals surface area (Å²) in [4.78, 5) is 17.3. The van der Waals surface area contributed by atoms with Gasteiger partial charge >= 0.3 is 6.18 Å². The van der Waals surface area contributed by atoms with Gasteiger partial charge in [-0.3, -0.25) is 9.20 Å². The van der Waals surface area contributed by atoms with Gasteiger partial charge in [-0.1, -0.05) is 13.3 Å². The summed E-state index contributed by atoms with van der Waals surface area (Å²) in [5, 5.41) is 3.05. The van der Waals surface area contributed by atoms with Gasteiger partial charge < -0.3 is 5.32 Å². The number of carbonyl (C=O) groups is 1. The van der Waals surface area contributed by atoms with Crippen molar-refractivity contribution >= 4 is 11.6 Å². The zero-order chi connectivity index (χ0) is 19.3. The third-order valence-corrected chi connectivity index (χ3v) is 6.36. The Labute approximate surface area is 156 Å². The Morgan fingerprint density at radius 3 is 2.70 bits per heavy atom. The van der Waals surface area contributed by atoms with E-state index in [1.54, 1.807) is 0 Å². The predicted molar refractivity (Wildman–Crippen MR) is 95.4 cm³/mol. The molecule has 2 aliphatic carbocycles. The summed E-state index contributed by atoms with van der Waals surface area (Å²) >= 11 is 0. The van der Waals surface area contributed by atoms with Crippen molar-refractivity contribution < 1.29 is 18.0 Å². The number of fused-ring (bicyclic) bond motifs is 3. The number of carbonyl (C=O) groups excluding carboxylic acids is 1. The zero-order valence-electron chi connectivity index (χ0n) is 15.5. The van der Waals surface area contributed by atoms with Crippen LogP contribution in [-0.2, 0) is 12.6 Å². The maximum absolute atomic E-state index is 13.1. The Balaban J connectivity index is 1.63. The highest BCUT2D eigenvalue weighted by molar-refractivity contribution is 5.95. The molecule has 0 spiro atoms. The van der Waals surface area contributed by atoms with E-state index in [1.165, 1.54) is 29.7 Å². The average molecular weight is 379 g/mol. The molecule has 4 unspecified atom stereocenters. The van der Waals surface area contributed by atoms with Crippen molar-refractivity contribution in [2.45, 2.75) is 58.2 Å². The molecule has 146 valence electrons. The molecule has 2 heterocycles. The van der Waals surface area contributed by atoms with Gasteiger partial charge in [0, 0.05) is 12.2 Å². The molecule has 1 N–H and O–H groups in total. The Kier molecular flexibility index (Phi) is 4.43. The SMILES string of the molecule is CCc1nc2ccc(C(F)(F)F)cn2c1C(=O)NC(C)C1CC2CCC1C2. The number of pyridine rings is 1. The van der Waals surface area contributed by atoms with Gasteiger partial charge in [0.1, 0.15) is 11.3 Å². The maximum atomic E-state index is 13.1. The van der Waals surface area contributed by atoms with Gasteiger partial charge in [0.15, 0.2) is 0 Å². The maximum Gasteiger partial charge on any atom is 0.417 e. The van der Waals surface area contributed by atoms with Crippen molar-refractivity contribution in [1.29, 1.82) is 0 Å². The van der Waals surface area contributed by atoms with E-state index in [0.29, 0.717) is 29.6 Å². The van der Waals surface area contributed by atoms with Crippen LogP contribution in [0.15, 0.2) is 18.3 Å². The van der Waals surface area contributed by atoms with Crippen LogP contribution in [0.4, 0.5) is 13.2 Å². The first-order valence-corrected chi connectivity index (χ1v) is 9.67. The van der Waals surface area contributed by atoms with Crippen LogP contribution in [0.25, 0.3) is 5.65 Å². The van der Waals surface area contributed by atoms with Gasteiger partial charge in [-0.25, -0.2) is 4.98 Å². The summed E-state index contributed by atoms with van der Waals surface area (Å²) in [5.41, 5.74) is 0.309. The number of hydrogen-bond acceptors (Lipinski definition) is 2. The van der Waals surface area contributed by atoms with Crippen molar-refractivity contribution in [2.75, 3.05) is 0 Å². The van der Waals surface area contributed by atoms with Crippen LogP contribution in [0.5, 0.6) is 0 Å². The first kappa shape index (κ1) is 18.3. The largest absolute Gasteiger partial charge is 0.417 e. The molecule has 4 rings (SSSR count). The lowest BCUT2D eigenvalue weighted by atomic mass is 9.84. The van der Waals surface area contributed by atoms with Crippen LogP contribution in [-0.4, -0.2) is 21.3 Å². The second-order valence-electron chi connectivity index (χ2n) is 8.01. The minimum absolute atomic E-state index is 0.00820. The molecule has 2 aliphatic rings. The summed E-state index contributed by atoms with van der Waals surface area (Å²) in [7, 11) is 0. The van der Waals surface area contributed by atoms with Crippen LogP contribution in [0.2, 0.25) is 0 Å². The van der Waals surface area contributed by atoms with E-state index in [4.69, 9.17) is 0 Å². The van der Waals surface area contributed by atoms with E-state index >= 15 is 0 Å². The summed E-state index contributed by atoms with van der Waals surface area (Å²) < 4.78 is 40.6. The van der Waals surface area contributed by atoms with Crippen molar-refractivity contribution in [1.82, 2.24) is 14.7 Å². The second-order valence-corrected chi connectivity index (χ2v) is 8.01. The van der Waals surface area contributed by atoms with E-state index in [9.17, 15) is 18.0 Å². The third-order valence-electron chi connectivity index (χ3n) is 6.36. The number of nitrogens with one attached hydrogen (secondary N) is 1. The number of halogens is 3. The Morgan fingerprint density at radius 2 is 2.11 bits per heavy atom. The number of hydrogen-bond donors (Lipinski definition) is 1. The van der Waals surface area contributed by atoms with Crippen molar-refractivity contribution in [3.05, 3.63) is 35.3 Å². The number of aryl methyl sites for hydroxylation is 1. The van der Waals surface area contributed by atoms with Crippen molar-refractivity contribution in [2.24, 2.45) is 17.8 Å². The molecular weight excluding hydrogens is 355 g/mol. The molecule has 27 heavy (non-hydrogen) atoms. The smallest absolute Gasteiger partial charge is 0.348 e. The van der Waals surface area contributed by atoms with Crippen LogP contribution in [0, 0.1) is 17.8 Å². The van der Waals surface area contributed by atoms with Gasteiger partial charge in [-0.15, -0.1) is 0 Å².